The molecular formula is C9H12F2N2O2. The monoisotopic (exact) mass is 218 g/mol. The van der Waals surface area contributed by atoms with Crippen LogP contribution in [-0.4, -0.2) is 30.3 Å². The molecule has 1 aliphatic heterocycles. The molecule has 1 aliphatic carbocycles. The summed E-state index contributed by atoms with van der Waals surface area (Å²) in [4.78, 5) is 22.2. The van der Waals surface area contributed by atoms with Gasteiger partial charge in [0.05, 0.1) is 6.04 Å². The maximum atomic E-state index is 12.8. The van der Waals surface area contributed by atoms with Crippen molar-refractivity contribution in [1.29, 1.82) is 0 Å². The lowest BCUT2D eigenvalue weighted by atomic mass is 10.2. The molecule has 2 aliphatic rings. The first-order valence-corrected chi connectivity index (χ1v) is 4.88. The summed E-state index contributed by atoms with van der Waals surface area (Å²) in [5.74, 6) is -5.78. The van der Waals surface area contributed by atoms with E-state index in [1.165, 1.54) is 6.92 Å². The summed E-state index contributed by atoms with van der Waals surface area (Å²) >= 11 is 0. The maximum Gasteiger partial charge on any atom is 0.263 e. The average molecular weight is 218 g/mol. The predicted molar refractivity (Wildman–Crippen MR) is 47.2 cm³/mol. The number of hydrogen-bond acceptors (Lipinski definition) is 2. The molecule has 2 N–H and O–H groups in total. The zero-order valence-electron chi connectivity index (χ0n) is 8.22. The number of halogens is 2. The van der Waals surface area contributed by atoms with Gasteiger partial charge in [0.1, 0.15) is 5.92 Å². The third kappa shape index (κ3) is 1.68. The van der Waals surface area contributed by atoms with Crippen molar-refractivity contribution in [2.75, 3.05) is 6.54 Å². The van der Waals surface area contributed by atoms with E-state index in [0.717, 1.165) is 0 Å². The summed E-state index contributed by atoms with van der Waals surface area (Å²) in [5, 5.41) is 4.98. The van der Waals surface area contributed by atoms with Crippen molar-refractivity contribution >= 4 is 11.8 Å². The van der Waals surface area contributed by atoms with Crippen LogP contribution < -0.4 is 10.6 Å². The van der Waals surface area contributed by atoms with Crippen molar-refractivity contribution < 1.29 is 18.4 Å². The van der Waals surface area contributed by atoms with Crippen LogP contribution in [0.4, 0.5) is 8.78 Å². The molecule has 0 radical (unpaired) electrons. The van der Waals surface area contributed by atoms with Crippen molar-refractivity contribution in [2.24, 2.45) is 11.8 Å². The quantitative estimate of drug-likeness (QED) is 0.679. The molecule has 3 unspecified atom stereocenters. The van der Waals surface area contributed by atoms with Gasteiger partial charge in [0, 0.05) is 18.9 Å². The Hall–Kier alpha value is -1.20. The highest BCUT2D eigenvalue weighted by Gasteiger charge is 2.69. The molecule has 0 aromatic carbocycles. The van der Waals surface area contributed by atoms with Crippen LogP contribution in [0.3, 0.4) is 0 Å². The average Bonchev–Trinajstić information content (AvgIpc) is 2.46. The molecule has 15 heavy (non-hydrogen) atoms. The molecule has 0 bridgehead atoms. The van der Waals surface area contributed by atoms with Crippen molar-refractivity contribution in [3.63, 3.8) is 0 Å². The molecule has 1 heterocycles. The molecule has 0 aromatic heterocycles. The summed E-state index contributed by atoms with van der Waals surface area (Å²) < 4.78 is 25.7. The van der Waals surface area contributed by atoms with Gasteiger partial charge >= 0.3 is 0 Å². The minimum atomic E-state index is -2.87. The third-order valence-corrected chi connectivity index (χ3v) is 3.02. The van der Waals surface area contributed by atoms with E-state index in [1.54, 1.807) is 0 Å². The lowest BCUT2D eigenvalue weighted by Gasteiger charge is -2.09. The fraction of sp³-hybridized carbons (Fsp3) is 0.778. The zero-order chi connectivity index (χ0) is 11.2. The van der Waals surface area contributed by atoms with Crippen molar-refractivity contribution in [2.45, 2.75) is 25.3 Å². The van der Waals surface area contributed by atoms with Crippen LogP contribution in [-0.2, 0) is 9.59 Å². The highest BCUT2D eigenvalue weighted by atomic mass is 19.3. The molecule has 1 saturated carbocycles. The Labute approximate surface area is 85.4 Å². The Morgan fingerprint density at radius 3 is 2.60 bits per heavy atom. The van der Waals surface area contributed by atoms with E-state index >= 15 is 0 Å². The van der Waals surface area contributed by atoms with Gasteiger partial charge < -0.3 is 10.6 Å². The van der Waals surface area contributed by atoms with E-state index in [1.807, 2.05) is 0 Å². The zero-order valence-corrected chi connectivity index (χ0v) is 8.22. The summed E-state index contributed by atoms with van der Waals surface area (Å²) in [5.41, 5.74) is 0. The standard InChI is InChI=1S/C9H12F2N2O2/c1-4-7(9(4,10)11)8(15)13-5-2-6(14)12-3-5/h4-5,7H,2-3H2,1H3,(H,12,14)(H,13,15). The van der Waals surface area contributed by atoms with Crippen molar-refractivity contribution in [1.82, 2.24) is 10.6 Å². The molecule has 2 rings (SSSR count). The van der Waals surface area contributed by atoms with Crippen LogP contribution in [0.5, 0.6) is 0 Å². The van der Waals surface area contributed by atoms with Gasteiger partial charge in [0.15, 0.2) is 0 Å². The molecule has 84 valence electrons. The second-order valence-electron chi connectivity index (χ2n) is 4.15. The molecule has 2 amide bonds. The molecule has 3 atom stereocenters. The van der Waals surface area contributed by atoms with E-state index < -0.39 is 23.7 Å². The molecule has 6 heteroatoms. The van der Waals surface area contributed by atoms with Gasteiger partial charge in [-0.3, -0.25) is 9.59 Å². The van der Waals surface area contributed by atoms with E-state index in [2.05, 4.69) is 10.6 Å². The number of rotatable bonds is 2. The summed E-state index contributed by atoms with van der Waals surface area (Å²) in [6.45, 7) is 1.68. The topological polar surface area (TPSA) is 58.2 Å². The molecule has 0 spiro atoms. The van der Waals surface area contributed by atoms with Crippen LogP contribution in [0.15, 0.2) is 0 Å². The minimum absolute atomic E-state index is 0.157. The summed E-state index contributed by atoms with van der Waals surface area (Å²) in [7, 11) is 0. The normalized spacial score (nSPS) is 37.3. The van der Waals surface area contributed by atoms with Gasteiger partial charge in [-0.2, -0.15) is 0 Å². The highest BCUT2D eigenvalue weighted by Crippen LogP contribution is 2.54. The second kappa shape index (κ2) is 3.15. The number of alkyl halides is 2. The van der Waals surface area contributed by atoms with Crippen LogP contribution in [0.2, 0.25) is 0 Å². The lowest BCUT2D eigenvalue weighted by molar-refractivity contribution is -0.125. The van der Waals surface area contributed by atoms with Gasteiger partial charge in [-0.05, 0) is 0 Å². The third-order valence-electron chi connectivity index (χ3n) is 3.02. The van der Waals surface area contributed by atoms with Crippen LogP contribution >= 0.6 is 0 Å². The lowest BCUT2D eigenvalue weighted by Crippen LogP contribution is -2.38. The number of carbonyl (C=O) groups is 2. The number of amides is 2. The first kappa shape index (κ1) is 10.3. The van der Waals surface area contributed by atoms with Gasteiger partial charge in [-0.25, -0.2) is 8.78 Å². The van der Waals surface area contributed by atoms with E-state index in [0.29, 0.717) is 6.54 Å². The van der Waals surface area contributed by atoms with Gasteiger partial charge in [-0.15, -0.1) is 0 Å². The summed E-state index contributed by atoms with van der Waals surface area (Å²) in [6, 6.07) is -0.339. The van der Waals surface area contributed by atoms with Crippen molar-refractivity contribution in [3.8, 4) is 0 Å². The maximum absolute atomic E-state index is 12.8. The fourth-order valence-corrected chi connectivity index (χ4v) is 1.88. The fourth-order valence-electron chi connectivity index (χ4n) is 1.88. The van der Waals surface area contributed by atoms with Crippen LogP contribution in [0.1, 0.15) is 13.3 Å². The SMILES string of the molecule is CC1C(C(=O)NC2CNC(=O)C2)C1(F)F. The van der Waals surface area contributed by atoms with Crippen molar-refractivity contribution in [3.05, 3.63) is 0 Å². The first-order chi connectivity index (χ1) is 6.93. The Morgan fingerprint density at radius 1 is 1.60 bits per heavy atom. The van der Waals surface area contributed by atoms with E-state index in [-0.39, 0.29) is 18.4 Å². The molecule has 4 nitrogen and oxygen atoms in total. The van der Waals surface area contributed by atoms with Gasteiger partial charge in [0.25, 0.3) is 5.92 Å². The van der Waals surface area contributed by atoms with Gasteiger partial charge in [-0.1, -0.05) is 6.92 Å². The van der Waals surface area contributed by atoms with E-state index in [4.69, 9.17) is 0 Å². The van der Waals surface area contributed by atoms with E-state index in [9.17, 15) is 18.4 Å². The number of hydrogen-bond donors (Lipinski definition) is 2. The minimum Gasteiger partial charge on any atom is -0.354 e. The molecular weight excluding hydrogens is 206 g/mol. The number of carbonyl (C=O) groups excluding carboxylic acids is 2. The Bertz CT molecular complexity index is 319. The predicted octanol–water partition coefficient (Wildman–Crippen LogP) is -0.108. The Morgan fingerprint density at radius 2 is 2.20 bits per heavy atom. The smallest absolute Gasteiger partial charge is 0.263 e. The first-order valence-electron chi connectivity index (χ1n) is 4.88. The van der Waals surface area contributed by atoms with Gasteiger partial charge in [0.2, 0.25) is 11.8 Å². The molecule has 2 fully saturated rings. The van der Waals surface area contributed by atoms with Crippen LogP contribution in [0.25, 0.3) is 0 Å². The molecule has 1 saturated heterocycles. The van der Waals surface area contributed by atoms with Crippen LogP contribution in [0, 0.1) is 11.8 Å². The summed E-state index contributed by atoms with van der Waals surface area (Å²) in [6.07, 6.45) is 0.179. The number of nitrogens with one attached hydrogen (secondary N) is 2. The Balaban J connectivity index is 1.86. The highest BCUT2D eigenvalue weighted by molar-refractivity contribution is 5.85. The second-order valence-corrected chi connectivity index (χ2v) is 4.15. The largest absolute Gasteiger partial charge is 0.354 e. The molecule has 0 aromatic rings. The Kier molecular flexibility index (Phi) is 2.17.